The van der Waals surface area contributed by atoms with Gasteiger partial charge in [-0.05, 0) is 28.1 Å². The molecule has 2 aromatic rings. The van der Waals surface area contributed by atoms with Crippen LogP contribution in [0.4, 0.5) is 5.13 Å². The van der Waals surface area contributed by atoms with Crippen molar-refractivity contribution in [3.05, 3.63) is 27.5 Å². The van der Waals surface area contributed by atoms with Crippen LogP contribution in [0.15, 0.2) is 31.7 Å². The minimum absolute atomic E-state index is 0.268. The second kappa shape index (κ2) is 4.20. The second-order valence-corrected chi connectivity index (χ2v) is 7.77. The first-order valence-electron chi connectivity index (χ1n) is 3.75. The van der Waals surface area contributed by atoms with Crippen molar-refractivity contribution in [2.75, 3.05) is 4.72 Å². The van der Waals surface area contributed by atoms with Gasteiger partial charge in [0.15, 0.2) is 5.13 Å². The number of sulfonamides is 1. The summed E-state index contributed by atoms with van der Waals surface area (Å²) in [5, 5.41) is 2.09. The SMILES string of the molecule is O=S(=O)(Nc1nccs1)c1ccc(Br)s1. The number of rotatable bonds is 3. The smallest absolute Gasteiger partial charge is 0.254 e. The van der Waals surface area contributed by atoms with Gasteiger partial charge in [0.1, 0.15) is 4.21 Å². The number of anilines is 1. The summed E-state index contributed by atoms with van der Waals surface area (Å²) in [4.78, 5) is 3.85. The van der Waals surface area contributed by atoms with E-state index >= 15 is 0 Å². The number of thiophene rings is 1. The first-order chi connectivity index (χ1) is 7.08. The van der Waals surface area contributed by atoms with Crippen LogP contribution in [0, 0.1) is 0 Å². The lowest BCUT2D eigenvalue weighted by Gasteiger charge is -2.00. The zero-order valence-corrected chi connectivity index (χ0v) is 11.2. The van der Waals surface area contributed by atoms with Crippen molar-refractivity contribution in [3.63, 3.8) is 0 Å². The fraction of sp³-hybridized carbons (Fsp3) is 0. The Balaban J connectivity index is 2.28. The van der Waals surface area contributed by atoms with Crippen LogP contribution in [0.3, 0.4) is 0 Å². The standard InChI is InChI=1S/C7H5BrN2O2S3/c8-5-1-2-6(14-5)15(11,12)10-7-9-3-4-13-7/h1-4H,(H,9,10). The Morgan fingerprint density at radius 2 is 2.20 bits per heavy atom. The molecule has 8 heteroatoms. The van der Waals surface area contributed by atoms with E-state index in [9.17, 15) is 8.42 Å². The summed E-state index contributed by atoms with van der Waals surface area (Å²) in [5.41, 5.74) is 0. The number of hydrogen-bond acceptors (Lipinski definition) is 5. The summed E-state index contributed by atoms with van der Waals surface area (Å²) >= 11 is 5.62. The van der Waals surface area contributed by atoms with E-state index in [4.69, 9.17) is 0 Å². The van der Waals surface area contributed by atoms with Gasteiger partial charge in [-0.3, -0.25) is 4.72 Å². The Bertz CT molecular complexity index is 547. The van der Waals surface area contributed by atoms with Gasteiger partial charge in [-0.2, -0.15) is 0 Å². The molecule has 0 atom stereocenters. The highest BCUT2D eigenvalue weighted by atomic mass is 79.9. The molecular weight excluding hydrogens is 320 g/mol. The molecule has 0 amide bonds. The topological polar surface area (TPSA) is 59.1 Å². The molecule has 2 rings (SSSR count). The number of aromatic nitrogens is 1. The molecule has 0 aliphatic rings. The van der Waals surface area contributed by atoms with Gasteiger partial charge in [-0.1, -0.05) is 0 Å². The summed E-state index contributed by atoms with van der Waals surface area (Å²) in [6, 6.07) is 3.24. The molecule has 0 bridgehead atoms. The van der Waals surface area contributed by atoms with E-state index in [1.165, 1.54) is 11.3 Å². The zero-order valence-electron chi connectivity index (χ0n) is 7.18. The first kappa shape index (κ1) is 11.1. The van der Waals surface area contributed by atoms with Crippen LogP contribution < -0.4 is 4.72 Å². The predicted molar refractivity (Wildman–Crippen MR) is 64.9 cm³/mol. The van der Waals surface area contributed by atoms with Gasteiger partial charge in [0.05, 0.1) is 3.79 Å². The predicted octanol–water partition coefficient (Wildman–Crippen LogP) is 2.77. The highest BCUT2D eigenvalue weighted by Gasteiger charge is 2.17. The van der Waals surface area contributed by atoms with E-state index in [1.807, 2.05) is 0 Å². The molecule has 15 heavy (non-hydrogen) atoms. The van der Waals surface area contributed by atoms with E-state index < -0.39 is 10.0 Å². The van der Waals surface area contributed by atoms with E-state index in [0.717, 1.165) is 15.1 Å². The molecular formula is C7H5BrN2O2S3. The third-order valence-electron chi connectivity index (χ3n) is 1.47. The van der Waals surface area contributed by atoms with E-state index in [0.29, 0.717) is 5.13 Å². The molecule has 1 N–H and O–H groups in total. The Morgan fingerprint density at radius 1 is 1.40 bits per heavy atom. The number of nitrogens with zero attached hydrogens (tertiary/aromatic N) is 1. The van der Waals surface area contributed by atoms with E-state index in [-0.39, 0.29) is 4.21 Å². The average molecular weight is 325 g/mol. The number of nitrogens with one attached hydrogen (secondary N) is 1. The minimum Gasteiger partial charge on any atom is -0.254 e. The lowest BCUT2D eigenvalue weighted by Crippen LogP contribution is -2.10. The average Bonchev–Trinajstić information content (AvgIpc) is 2.75. The maximum absolute atomic E-state index is 11.8. The summed E-state index contributed by atoms with van der Waals surface area (Å²) < 4.78 is 27.0. The monoisotopic (exact) mass is 324 g/mol. The molecule has 0 spiro atoms. The van der Waals surface area contributed by atoms with Crippen molar-refractivity contribution >= 4 is 53.8 Å². The van der Waals surface area contributed by atoms with Crippen molar-refractivity contribution in [3.8, 4) is 0 Å². The molecule has 0 saturated carbocycles. The van der Waals surface area contributed by atoms with Gasteiger partial charge >= 0.3 is 0 Å². The van der Waals surface area contributed by atoms with Gasteiger partial charge in [-0.25, -0.2) is 13.4 Å². The molecule has 2 heterocycles. The summed E-state index contributed by atoms with van der Waals surface area (Å²) in [6.45, 7) is 0. The van der Waals surface area contributed by atoms with Gasteiger partial charge in [-0.15, -0.1) is 22.7 Å². The Labute approximate surface area is 103 Å². The third kappa shape index (κ3) is 2.57. The van der Waals surface area contributed by atoms with Crippen molar-refractivity contribution in [1.82, 2.24) is 4.98 Å². The normalized spacial score (nSPS) is 11.5. The summed E-state index contributed by atoms with van der Waals surface area (Å²) in [5.74, 6) is 0. The van der Waals surface area contributed by atoms with E-state index in [2.05, 4.69) is 25.6 Å². The zero-order chi connectivity index (χ0) is 10.9. The minimum atomic E-state index is -3.48. The number of thiazole rings is 1. The van der Waals surface area contributed by atoms with Gasteiger partial charge in [0, 0.05) is 11.6 Å². The fourth-order valence-corrected chi connectivity index (χ4v) is 4.68. The van der Waals surface area contributed by atoms with Crippen LogP contribution >= 0.6 is 38.6 Å². The van der Waals surface area contributed by atoms with Crippen LogP contribution in [0.1, 0.15) is 0 Å². The largest absolute Gasteiger partial charge is 0.273 e. The van der Waals surface area contributed by atoms with Crippen LogP contribution in [0.25, 0.3) is 0 Å². The van der Waals surface area contributed by atoms with Crippen LogP contribution in [-0.2, 0) is 10.0 Å². The molecule has 0 aromatic carbocycles. The first-order valence-corrected chi connectivity index (χ1v) is 7.73. The Hall–Kier alpha value is -0.440. The molecule has 0 radical (unpaired) electrons. The quantitative estimate of drug-likeness (QED) is 0.944. The summed E-state index contributed by atoms with van der Waals surface area (Å²) in [6.07, 6.45) is 1.55. The second-order valence-electron chi connectivity index (χ2n) is 2.50. The maximum atomic E-state index is 11.8. The molecule has 0 aliphatic heterocycles. The lowest BCUT2D eigenvalue weighted by molar-refractivity contribution is 0.603. The Morgan fingerprint density at radius 3 is 2.73 bits per heavy atom. The number of halogens is 1. The lowest BCUT2D eigenvalue weighted by atomic mass is 10.7. The van der Waals surface area contributed by atoms with Crippen LogP contribution in [0.5, 0.6) is 0 Å². The molecule has 0 unspecified atom stereocenters. The highest BCUT2D eigenvalue weighted by Crippen LogP contribution is 2.27. The van der Waals surface area contributed by atoms with Gasteiger partial charge in [0.25, 0.3) is 10.0 Å². The third-order valence-corrected chi connectivity index (χ3v) is 5.74. The van der Waals surface area contributed by atoms with Crippen molar-refractivity contribution in [2.24, 2.45) is 0 Å². The van der Waals surface area contributed by atoms with Crippen molar-refractivity contribution in [2.45, 2.75) is 4.21 Å². The van der Waals surface area contributed by atoms with Crippen molar-refractivity contribution < 1.29 is 8.42 Å². The van der Waals surface area contributed by atoms with E-state index in [1.54, 1.807) is 23.7 Å². The van der Waals surface area contributed by atoms with Crippen molar-refractivity contribution in [1.29, 1.82) is 0 Å². The fourth-order valence-electron chi connectivity index (χ4n) is 0.881. The molecule has 2 aromatic heterocycles. The van der Waals surface area contributed by atoms with Gasteiger partial charge in [0.2, 0.25) is 0 Å². The summed E-state index contributed by atoms with van der Waals surface area (Å²) in [7, 11) is -3.48. The molecule has 0 aliphatic carbocycles. The maximum Gasteiger partial charge on any atom is 0.273 e. The molecule has 4 nitrogen and oxygen atoms in total. The molecule has 80 valence electrons. The number of hydrogen-bond donors (Lipinski definition) is 1. The van der Waals surface area contributed by atoms with Crippen LogP contribution in [0.2, 0.25) is 0 Å². The van der Waals surface area contributed by atoms with Crippen LogP contribution in [-0.4, -0.2) is 13.4 Å². The van der Waals surface area contributed by atoms with Gasteiger partial charge < -0.3 is 0 Å². The molecule has 0 fully saturated rings. The Kier molecular flexibility index (Phi) is 3.10. The molecule has 0 saturated heterocycles. The highest BCUT2D eigenvalue weighted by molar-refractivity contribution is 9.11.